The molecule has 2 aromatic carbocycles. The maximum absolute atomic E-state index is 12.0. The largest absolute Gasteiger partial charge is 0.508 e. The summed E-state index contributed by atoms with van der Waals surface area (Å²) in [5, 5.41) is 6.29. The average Bonchev–Trinajstić information content (AvgIpc) is 2.54. The third-order valence-corrected chi connectivity index (χ3v) is 7.85. The summed E-state index contributed by atoms with van der Waals surface area (Å²) >= 11 is 0. The first-order valence-electron chi connectivity index (χ1n) is 7.68. The number of hydrogen-bond acceptors (Lipinski definition) is 4. The van der Waals surface area contributed by atoms with Gasteiger partial charge in [-0.3, -0.25) is 9.13 Å². The molecule has 10 heteroatoms. The molecule has 0 aliphatic rings. The fraction of sp³-hybridized carbons (Fsp3) is 0.250. The molecule has 0 spiro atoms. The Bertz CT molecular complexity index is 788. The van der Waals surface area contributed by atoms with Crippen molar-refractivity contribution in [2.45, 2.75) is 24.3 Å². The maximum atomic E-state index is 12.0. The Kier molecular flexibility index (Phi) is 6.29. The fourth-order valence-electron chi connectivity index (χ4n) is 2.50. The van der Waals surface area contributed by atoms with Crippen molar-refractivity contribution in [2.24, 2.45) is 0 Å². The lowest BCUT2D eigenvalue weighted by Crippen LogP contribution is -2.36. The van der Waals surface area contributed by atoms with E-state index in [4.69, 9.17) is 4.74 Å². The highest BCUT2D eigenvalue weighted by Crippen LogP contribution is 2.71. The van der Waals surface area contributed by atoms with Gasteiger partial charge in [-0.1, -0.05) is 30.3 Å². The second-order valence-electron chi connectivity index (χ2n) is 5.77. The molecule has 142 valence electrons. The van der Waals surface area contributed by atoms with Crippen molar-refractivity contribution in [1.29, 1.82) is 0 Å². The van der Waals surface area contributed by atoms with E-state index < -0.39 is 26.7 Å². The van der Waals surface area contributed by atoms with Crippen LogP contribution in [0.25, 0.3) is 0 Å². The quantitative estimate of drug-likeness (QED) is 0.424. The van der Waals surface area contributed by atoms with Crippen LogP contribution in [0.3, 0.4) is 0 Å². The third kappa shape index (κ3) is 4.74. The van der Waals surface area contributed by atoms with Crippen LogP contribution in [-0.4, -0.2) is 29.8 Å². The van der Waals surface area contributed by atoms with Crippen molar-refractivity contribution in [3.63, 3.8) is 0 Å². The summed E-state index contributed by atoms with van der Waals surface area (Å²) in [6.45, 7) is 0. The van der Waals surface area contributed by atoms with Crippen LogP contribution in [-0.2, 0) is 15.6 Å². The van der Waals surface area contributed by atoms with Gasteiger partial charge in [0.1, 0.15) is 11.5 Å². The lowest BCUT2D eigenvalue weighted by atomic mass is 10.1. The molecular weight excluding hydrogens is 382 g/mol. The predicted molar refractivity (Wildman–Crippen MR) is 94.9 cm³/mol. The van der Waals surface area contributed by atoms with Crippen LogP contribution in [0, 0.1) is 0 Å². The minimum atomic E-state index is -5.37. The lowest BCUT2D eigenvalue weighted by molar-refractivity contribution is 0.142. The van der Waals surface area contributed by atoms with Crippen molar-refractivity contribution in [2.75, 3.05) is 0 Å². The van der Waals surface area contributed by atoms with Gasteiger partial charge in [0.2, 0.25) is 0 Å². The van der Waals surface area contributed by atoms with E-state index in [0.29, 0.717) is 6.42 Å². The summed E-state index contributed by atoms with van der Waals surface area (Å²) in [5.41, 5.74) is 0.863. The molecule has 0 saturated heterocycles. The zero-order valence-electron chi connectivity index (χ0n) is 13.7. The van der Waals surface area contributed by atoms with Gasteiger partial charge in [0.25, 0.3) is 0 Å². The number of hydrogen-bond donors (Lipinski definition) is 5. The summed E-state index contributed by atoms with van der Waals surface area (Å²) in [4.78, 5) is 38.9. The van der Waals surface area contributed by atoms with Crippen molar-refractivity contribution in [1.82, 2.24) is 0 Å². The van der Waals surface area contributed by atoms with Gasteiger partial charge >= 0.3 is 20.3 Å². The van der Waals surface area contributed by atoms with E-state index in [1.807, 2.05) is 6.07 Å². The van der Waals surface area contributed by atoms with E-state index in [9.17, 15) is 33.8 Å². The highest BCUT2D eigenvalue weighted by Gasteiger charge is 2.62. The number of rotatable bonds is 8. The molecule has 0 aliphatic carbocycles. The van der Waals surface area contributed by atoms with Gasteiger partial charge in [-0.15, -0.1) is 0 Å². The zero-order chi connectivity index (χ0) is 19.4. The first-order valence-corrected chi connectivity index (χ1v) is 10.9. The van der Waals surface area contributed by atoms with Crippen LogP contribution in [0.2, 0.25) is 0 Å². The highest BCUT2D eigenvalue weighted by atomic mass is 31.2. The Morgan fingerprint density at radius 3 is 1.88 bits per heavy atom. The van der Waals surface area contributed by atoms with E-state index in [2.05, 4.69) is 0 Å². The van der Waals surface area contributed by atoms with Gasteiger partial charge in [-0.25, -0.2) is 0 Å². The van der Waals surface area contributed by atoms with E-state index >= 15 is 0 Å². The summed E-state index contributed by atoms with van der Waals surface area (Å²) in [6, 6.07) is 13.7. The predicted octanol–water partition coefficient (Wildman–Crippen LogP) is 2.80. The van der Waals surface area contributed by atoms with E-state index in [0.717, 1.165) is 5.56 Å². The Balaban J connectivity index is 2.32. The van der Waals surface area contributed by atoms with E-state index in [-0.39, 0.29) is 17.9 Å². The van der Waals surface area contributed by atoms with Crippen LogP contribution >= 0.6 is 15.2 Å². The zero-order valence-corrected chi connectivity index (χ0v) is 15.5. The number of aryl methyl sites for hydroxylation is 1. The minimum Gasteiger partial charge on any atom is -0.508 e. The van der Waals surface area contributed by atoms with E-state index in [1.54, 1.807) is 24.3 Å². The van der Waals surface area contributed by atoms with Crippen LogP contribution in [0.1, 0.15) is 18.4 Å². The number of aromatic hydroxyl groups is 1. The van der Waals surface area contributed by atoms with Crippen LogP contribution in [0.5, 0.6) is 11.5 Å². The topological polar surface area (TPSA) is 145 Å². The second-order valence-corrected chi connectivity index (χ2v) is 9.74. The van der Waals surface area contributed by atoms with Gasteiger partial charge in [-0.05, 0) is 42.7 Å². The smallest absolute Gasteiger partial charge is 0.381 e. The lowest BCUT2D eigenvalue weighted by Gasteiger charge is -2.34. The first kappa shape index (κ1) is 20.6. The molecule has 0 amide bonds. The van der Waals surface area contributed by atoms with Gasteiger partial charge in [0.15, 0.2) is 0 Å². The monoisotopic (exact) mass is 402 g/mol. The molecule has 0 bridgehead atoms. The molecule has 8 nitrogen and oxygen atoms in total. The molecule has 0 saturated carbocycles. The third-order valence-electron chi connectivity index (χ3n) is 3.84. The van der Waals surface area contributed by atoms with Crippen LogP contribution in [0.4, 0.5) is 0 Å². The molecule has 0 heterocycles. The molecule has 5 N–H and O–H groups in total. The number of phenolic OH excluding ortho intramolecular Hbond substituents is 1. The number of phenols is 1. The van der Waals surface area contributed by atoms with Crippen molar-refractivity contribution in [3.8, 4) is 11.5 Å². The fourth-order valence-corrected chi connectivity index (χ4v) is 5.21. The Hall–Kier alpha value is -1.66. The van der Waals surface area contributed by atoms with E-state index in [1.165, 1.54) is 24.3 Å². The Morgan fingerprint density at radius 2 is 1.38 bits per heavy atom. The molecule has 2 rings (SSSR count). The summed E-state index contributed by atoms with van der Waals surface area (Å²) in [6.07, 6.45) is -0.114. The average molecular weight is 402 g/mol. The summed E-state index contributed by atoms with van der Waals surface area (Å²) in [7, 11) is -10.7. The molecule has 0 aliphatic heterocycles. The van der Waals surface area contributed by atoms with Gasteiger partial charge < -0.3 is 29.4 Å². The standard InChI is InChI=1S/C16H20O8P2/c17-14-8-10-15(11-9-14)24-16(25(18,19)20,26(21,22)23)12-4-7-13-5-2-1-3-6-13/h1-3,5-6,8-11,17H,4,7,12H2,(H2,18,19,20)(H2,21,22,23). The molecular formula is C16H20O8P2. The summed E-state index contributed by atoms with van der Waals surface area (Å²) < 4.78 is 29.3. The van der Waals surface area contributed by atoms with Gasteiger partial charge in [0.05, 0.1) is 0 Å². The summed E-state index contributed by atoms with van der Waals surface area (Å²) in [5.74, 6) is -0.298. The minimum absolute atomic E-state index is 0.0817. The molecule has 0 radical (unpaired) electrons. The number of benzene rings is 2. The molecule has 0 atom stereocenters. The normalized spacial score (nSPS) is 12.8. The molecule has 0 unspecified atom stereocenters. The highest BCUT2D eigenvalue weighted by molar-refractivity contribution is 7.72. The SMILES string of the molecule is O=P(O)(O)C(CCCc1ccccc1)(Oc1ccc(O)cc1)P(=O)(O)O. The molecule has 26 heavy (non-hydrogen) atoms. The maximum Gasteiger partial charge on any atom is 0.381 e. The molecule has 0 fully saturated rings. The Morgan fingerprint density at radius 1 is 0.846 bits per heavy atom. The molecule has 0 aromatic heterocycles. The van der Waals surface area contributed by atoms with Crippen LogP contribution in [0.15, 0.2) is 54.6 Å². The second kappa shape index (κ2) is 7.92. The van der Waals surface area contributed by atoms with Gasteiger partial charge in [0, 0.05) is 6.42 Å². The number of ether oxygens (including phenoxy) is 1. The first-order chi connectivity index (χ1) is 12.1. The van der Waals surface area contributed by atoms with Crippen molar-refractivity contribution in [3.05, 3.63) is 60.2 Å². The van der Waals surface area contributed by atoms with Crippen molar-refractivity contribution < 1.29 is 38.5 Å². The van der Waals surface area contributed by atoms with Gasteiger partial charge in [-0.2, -0.15) is 0 Å². The van der Waals surface area contributed by atoms with Crippen LogP contribution < -0.4 is 4.74 Å². The molecule has 2 aromatic rings. The Labute approximate surface area is 150 Å². The van der Waals surface area contributed by atoms with Crippen molar-refractivity contribution >= 4 is 15.2 Å².